The zero-order chi connectivity index (χ0) is 19.6. The van der Waals surface area contributed by atoms with E-state index in [1.54, 1.807) is 0 Å². The molecule has 154 valence electrons. The molecule has 0 amide bonds. The molecule has 5 rings (SSSR count). The van der Waals surface area contributed by atoms with Gasteiger partial charge in [0.2, 0.25) is 5.84 Å². The van der Waals surface area contributed by atoms with Crippen LogP contribution in [0.5, 0.6) is 5.75 Å². The summed E-state index contributed by atoms with van der Waals surface area (Å²) < 4.78 is 6.01. The molecule has 0 saturated heterocycles. The van der Waals surface area contributed by atoms with Gasteiger partial charge >= 0.3 is 0 Å². The number of rotatable bonds is 6. The van der Waals surface area contributed by atoms with Crippen LogP contribution < -0.4 is 22.0 Å². The molecule has 2 aromatic carbocycles. The van der Waals surface area contributed by atoms with Crippen LogP contribution in [0.1, 0.15) is 24.0 Å². The first-order valence-electron chi connectivity index (χ1n) is 10.1. The number of hydrogen-bond acceptors (Lipinski definition) is 4. The molecule has 3 aliphatic rings. The topological polar surface area (TPSA) is 58.6 Å². The summed E-state index contributed by atoms with van der Waals surface area (Å²) in [6, 6.07) is 18.3. The maximum atomic E-state index is 9.36. The minimum absolute atomic E-state index is 0. The quantitative estimate of drug-likeness (QED) is 0.673. The van der Waals surface area contributed by atoms with Crippen LogP contribution in [0.15, 0.2) is 88.4 Å². The Labute approximate surface area is 182 Å². The van der Waals surface area contributed by atoms with Gasteiger partial charge in [-0.15, -0.1) is 0 Å². The van der Waals surface area contributed by atoms with Crippen molar-refractivity contribution in [1.82, 2.24) is 0 Å². The van der Waals surface area contributed by atoms with Crippen LogP contribution in [0.4, 0.5) is 0 Å². The van der Waals surface area contributed by atoms with Crippen molar-refractivity contribution in [3.05, 3.63) is 89.5 Å². The summed E-state index contributed by atoms with van der Waals surface area (Å²) in [5.74, 6) is 2.63. The number of hydrogen-bond donors (Lipinski definition) is 2. The van der Waals surface area contributed by atoms with Gasteiger partial charge in [-0.1, -0.05) is 36.4 Å². The number of aliphatic hydroxyl groups excluding tert-OH is 1. The lowest BCUT2D eigenvalue weighted by Crippen LogP contribution is -3.08. The number of amidine groups is 1. The summed E-state index contributed by atoms with van der Waals surface area (Å²) in [6.07, 6.45) is 7.78. The minimum Gasteiger partial charge on any atom is -1.00 e. The van der Waals surface area contributed by atoms with Crippen molar-refractivity contribution in [1.29, 1.82) is 0 Å². The Bertz CT molecular complexity index is 1020. The fraction of sp³-hybridized carbons (Fsp3) is 0.250. The van der Waals surface area contributed by atoms with Gasteiger partial charge in [-0.3, -0.25) is 4.99 Å². The zero-order valence-corrected chi connectivity index (χ0v) is 17.3. The molecule has 1 saturated carbocycles. The van der Waals surface area contributed by atoms with Crippen LogP contribution in [0.3, 0.4) is 0 Å². The minimum atomic E-state index is 0. The molecule has 1 unspecified atom stereocenters. The monoisotopic (exact) mass is 421 g/mol. The molecular weight excluding hydrogens is 398 g/mol. The van der Waals surface area contributed by atoms with E-state index in [4.69, 9.17) is 9.73 Å². The maximum absolute atomic E-state index is 9.36. The fourth-order valence-corrected chi connectivity index (χ4v) is 4.16. The molecule has 1 atom stereocenters. The number of benzene rings is 2. The lowest BCUT2D eigenvalue weighted by atomic mass is 9.73. The summed E-state index contributed by atoms with van der Waals surface area (Å²) in [6.45, 7) is 0.806. The van der Waals surface area contributed by atoms with Crippen LogP contribution in [0, 0.1) is 11.8 Å². The molecule has 0 aromatic heterocycles. The normalized spacial score (nSPS) is 24.0. The van der Waals surface area contributed by atoms with Gasteiger partial charge in [0.1, 0.15) is 24.3 Å². The molecular formula is C24H24ClN3O2. The standard InChI is InChI=1S/C24H23N3O2.ClH/c28-15-18-11-20(12-18)23-22-14-25-9-10-27(22)24(26-23)19-7-4-8-21(13-19)29-16-17-5-2-1-3-6-17;/h1-10,13-14,18,20,28H,11-12,15-16H2;1H. The van der Waals surface area contributed by atoms with E-state index in [1.165, 1.54) is 0 Å². The van der Waals surface area contributed by atoms with Crippen molar-refractivity contribution in [2.75, 3.05) is 6.61 Å². The Morgan fingerprint density at radius 1 is 1.07 bits per heavy atom. The van der Waals surface area contributed by atoms with E-state index in [9.17, 15) is 5.11 Å². The van der Waals surface area contributed by atoms with E-state index in [1.807, 2.05) is 48.9 Å². The SMILES string of the molecule is OCC1CC(C2=C3C=NC=C[NH+]3C(c3cccc(OCc4ccccc4)c3)=N2)C1.[Cl-]. The fourth-order valence-electron chi connectivity index (χ4n) is 4.16. The lowest BCUT2D eigenvalue weighted by Gasteiger charge is -2.33. The van der Waals surface area contributed by atoms with Gasteiger partial charge in [-0.05, 0) is 42.5 Å². The second-order valence-electron chi connectivity index (χ2n) is 7.79. The van der Waals surface area contributed by atoms with Gasteiger partial charge in [-0.25, -0.2) is 4.90 Å². The van der Waals surface area contributed by atoms with Crippen molar-refractivity contribution < 1.29 is 27.2 Å². The van der Waals surface area contributed by atoms with Crippen molar-refractivity contribution in [3.63, 3.8) is 0 Å². The van der Waals surface area contributed by atoms with Crippen molar-refractivity contribution in [2.45, 2.75) is 19.4 Å². The maximum Gasteiger partial charge on any atom is 0.243 e. The summed E-state index contributed by atoms with van der Waals surface area (Å²) in [4.78, 5) is 10.5. The van der Waals surface area contributed by atoms with E-state index in [2.05, 4.69) is 29.3 Å². The Morgan fingerprint density at radius 3 is 2.70 bits per heavy atom. The number of allylic oxidation sites excluding steroid dienone is 2. The van der Waals surface area contributed by atoms with Gasteiger partial charge in [0.15, 0.2) is 5.70 Å². The van der Waals surface area contributed by atoms with Crippen molar-refractivity contribution >= 4 is 12.1 Å². The van der Waals surface area contributed by atoms with Crippen LogP contribution in [-0.4, -0.2) is 23.8 Å². The molecule has 2 heterocycles. The Hall–Kier alpha value is -2.73. The van der Waals surface area contributed by atoms with Crippen molar-refractivity contribution in [2.24, 2.45) is 21.8 Å². The van der Waals surface area contributed by atoms with Crippen LogP contribution in [0.2, 0.25) is 0 Å². The molecule has 2 aromatic rings. The third-order valence-electron chi connectivity index (χ3n) is 5.82. The molecule has 2 aliphatic heterocycles. The van der Waals surface area contributed by atoms with Gasteiger partial charge in [0.05, 0.1) is 18.0 Å². The first-order chi connectivity index (χ1) is 14.3. The number of aliphatic hydroxyl groups is 1. The van der Waals surface area contributed by atoms with E-state index < -0.39 is 0 Å². The Morgan fingerprint density at radius 2 is 1.90 bits per heavy atom. The van der Waals surface area contributed by atoms with Gasteiger partial charge in [0, 0.05) is 12.5 Å². The summed E-state index contributed by atoms with van der Waals surface area (Å²) in [5, 5.41) is 9.36. The van der Waals surface area contributed by atoms with E-state index in [0.29, 0.717) is 18.4 Å². The Balaban J connectivity index is 0.00000218. The molecule has 0 spiro atoms. The number of nitrogens with zero attached hydrogens (tertiary/aromatic N) is 2. The van der Waals surface area contributed by atoms with E-state index >= 15 is 0 Å². The van der Waals surface area contributed by atoms with Crippen LogP contribution in [-0.2, 0) is 6.61 Å². The van der Waals surface area contributed by atoms with Gasteiger partial charge in [0.25, 0.3) is 0 Å². The second-order valence-corrected chi connectivity index (χ2v) is 7.79. The predicted octanol–water partition coefficient (Wildman–Crippen LogP) is -0.300. The van der Waals surface area contributed by atoms with Gasteiger partial charge in [-0.2, -0.15) is 4.99 Å². The highest BCUT2D eigenvalue weighted by atomic mass is 35.5. The molecule has 5 nitrogen and oxygen atoms in total. The van der Waals surface area contributed by atoms with E-state index in [-0.39, 0.29) is 19.0 Å². The molecule has 30 heavy (non-hydrogen) atoms. The average molecular weight is 422 g/mol. The highest BCUT2D eigenvalue weighted by Gasteiger charge is 2.41. The number of quaternary nitrogens is 1. The van der Waals surface area contributed by atoms with Gasteiger partial charge < -0.3 is 22.3 Å². The largest absolute Gasteiger partial charge is 1.00 e. The molecule has 6 heteroatoms. The number of nitrogens with one attached hydrogen (secondary N) is 1. The third-order valence-corrected chi connectivity index (χ3v) is 5.82. The summed E-state index contributed by atoms with van der Waals surface area (Å²) in [5.41, 5.74) is 4.44. The lowest BCUT2D eigenvalue weighted by molar-refractivity contribution is -0.689. The van der Waals surface area contributed by atoms with Crippen LogP contribution >= 0.6 is 0 Å². The highest BCUT2D eigenvalue weighted by molar-refractivity contribution is 5.98. The molecule has 2 N–H and O–H groups in total. The zero-order valence-electron chi connectivity index (χ0n) is 16.5. The first kappa shape index (κ1) is 20.5. The van der Waals surface area contributed by atoms with Crippen molar-refractivity contribution in [3.8, 4) is 5.75 Å². The predicted molar refractivity (Wildman–Crippen MR) is 113 cm³/mol. The number of fused-ring (bicyclic) bond motifs is 1. The third kappa shape index (κ3) is 3.97. The number of halogens is 1. The number of aliphatic imine (C=N–C) groups is 2. The second kappa shape index (κ2) is 8.96. The van der Waals surface area contributed by atoms with Crippen LogP contribution in [0.25, 0.3) is 0 Å². The summed E-state index contributed by atoms with van der Waals surface area (Å²) >= 11 is 0. The average Bonchev–Trinajstić information content (AvgIpc) is 3.12. The Kier molecular flexibility index (Phi) is 6.13. The van der Waals surface area contributed by atoms with E-state index in [0.717, 1.165) is 51.8 Å². The highest BCUT2D eigenvalue weighted by Crippen LogP contribution is 2.40. The first-order valence-corrected chi connectivity index (χ1v) is 10.1. The summed E-state index contributed by atoms with van der Waals surface area (Å²) in [7, 11) is 0. The molecule has 0 radical (unpaired) electrons. The smallest absolute Gasteiger partial charge is 0.243 e. The molecule has 1 fully saturated rings. The number of ether oxygens (including phenoxy) is 1. The molecule has 1 aliphatic carbocycles. The molecule has 0 bridgehead atoms.